The molecule has 2 aromatic rings. The van der Waals surface area contributed by atoms with E-state index in [0.717, 1.165) is 29.7 Å². The minimum Gasteiger partial charge on any atom is -0.470 e. The van der Waals surface area contributed by atoms with E-state index in [-0.39, 0.29) is 6.61 Å². The van der Waals surface area contributed by atoms with Crippen LogP contribution < -0.4 is 0 Å². The number of allylic oxidation sites excluding steroid dienone is 1. The van der Waals surface area contributed by atoms with Crippen LogP contribution in [-0.2, 0) is 14.2 Å². The zero-order chi connectivity index (χ0) is 27.0. The van der Waals surface area contributed by atoms with Gasteiger partial charge in [0.2, 0.25) is 6.29 Å². The van der Waals surface area contributed by atoms with E-state index in [1.54, 1.807) is 12.3 Å². The normalized spacial score (nSPS) is 23.4. The monoisotopic (exact) mass is 523 g/mol. The number of nitrogens with zero attached hydrogens (tertiary/aromatic N) is 1. The zero-order valence-electron chi connectivity index (χ0n) is 23.0. The highest BCUT2D eigenvalue weighted by atomic mass is 16.7. The van der Waals surface area contributed by atoms with Crippen molar-refractivity contribution < 1.29 is 24.4 Å². The lowest BCUT2D eigenvalue weighted by Crippen LogP contribution is -2.59. The molecule has 6 heteroatoms. The van der Waals surface area contributed by atoms with Crippen molar-refractivity contribution in [2.45, 2.75) is 95.9 Å². The van der Waals surface area contributed by atoms with Gasteiger partial charge in [-0.2, -0.15) is 0 Å². The largest absolute Gasteiger partial charge is 0.470 e. The molecule has 0 spiro atoms. The lowest BCUT2D eigenvalue weighted by Gasteiger charge is -2.42. The zero-order valence-corrected chi connectivity index (χ0v) is 23.0. The Balaban J connectivity index is 1.83. The fourth-order valence-corrected chi connectivity index (χ4v) is 4.77. The number of hydrogen-bond donors (Lipinski definition) is 2. The van der Waals surface area contributed by atoms with E-state index in [9.17, 15) is 10.2 Å². The lowest BCUT2D eigenvalue weighted by molar-refractivity contribution is -0.258. The number of aliphatic imine (C=N–C) groups is 1. The van der Waals surface area contributed by atoms with Gasteiger partial charge in [-0.25, -0.2) is 0 Å². The molecule has 0 radical (unpaired) electrons. The van der Waals surface area contributed by atoms with Gasteiger partial charge < -0.3 is 24.4 Å². The van der Waals surface area contributed by atoms with E-state index in [2.05, 4.69) is 6.92 Å². The molecule has 1 saturated heterocycles. The molecule has 2 unspecified atom stereocenters. The third-order valence-electron chi connectivity index (χ3n) is 6.85. The summed E-state index contributed by atoms with van der Waals surface area (Å²) in [4.78, 5) is 5.13. The summed E-state index contributed by atoms with van der Waals surface area (Å²) in [5, 5.41) is 21.1. The summed E-state index contributed by atoms with van der Waals surface area (Å²) in [6.45, 7) is 4.25. The molecule has 1 heterocycles. The van der Waals surface area contributed by atoms with Crippen LogP contribution >= 0.6 is 0 Å². The van der Waals surface area contributed by atoms with Gasteiger partial charge >= 0.3 is 0 Å². The molecule has 1 aliphatic rings. The smallest absolute Gasteiger partial charge is 0.224 e. The average molecular weight is 524 g/mol. The van der Waals surface area contributed by atoms with Gasteiger partial charge in [0.15, 0.2) is 0 Å². The fourth-order valence-electron chi connectivity index (χ4n) is 4.77. The van der Waals surface area contributed by atoms with Crippen molar-refractivity contribution >= 4 is 5.71 Å². The number of ether oxygens (including phenoxy) is 3. The van der Waals surface area contributed by atoms with E-state index in [1.165, 1.54) is 38.5 Å². The van der Waals surface area contributed by atoms with E-state index in [4.69, 9.17) is 19.2 Å². The summed E-state index contributed by atoms with van der Waals surface area (Å²) in [7, 11) is 0. The summed E-state index contributed by atoms with van der Waals surface area (Å²) < 4.78 is 18.2. The number of unbranched alkanes of at least 4 members (excludes halogenated alkanes) is 7. The Morgan fingerprint density at radius 3 is 2.03 bits per heavy atom. The van der Waals surface area contributed by atoms with Crippen molar-refractivity contribution in [2.24, 2.45) is 4.99 Å². The number of benzene rings is 2. The van der Waals surface area contributed by atoms with Crippen molar-refractivity contribution in [2.75, 3.05) is 13.2 Å². The van der Waals surface area contributed by atoms with Crippen LogP contribution in [0.2, 0.25) is 0 Å². The predicted molar refractivity (Wildman–Crippen MR) is 152 cm³/mol. The highest BCUT2D eigenvalue weighted by Crippen LogP contribution is 2.29. The molecule has 2 N–H and O–H groups in total. The minimum atomic E-state index is -1.04. The van der Waals surface area contributed by atoms with Gasteiger partial charge in [-0.1, -0.05) is 119 Å². The van der Waals surface area contributed by atoms with Crippen LogP contribution in [0, 0.1) is 0 Å². The molecule has 0 saturated carbocycles. The highest BCUT2D eigenvalue weighted by molar-refractivity contribution is 6.13. The fraction of sp³-hybridized carbons (Fsp3) is 0.531. The quantitative estimate of drug-likeness (QED) is 0.159. The third kappa shape index (κ3) is 9.05. The summed E-state index contributed by atoms with van der Waals surface area (Å²) in [6, 6.07) is 19.3. The predicted octanol–water partition coefficient (Wildman–Crippen LogP) is 6.05. The third-order valence-corrected chi connectivity index (χ3v) is 6.85. The Morgan fingerprint density at radius 1 is 0.895 bits per heavy atom. The maximum atomic E-state index is 11.2. The molecule has 5 atom stereocenters. The molecule has 0 bridgehead atoms. The van der Waals surface area contributed by atoms with Crippen molar-refractivity contribution in [3.05, 3.63) is 84.1 Å². The molecule has 6 nitrogen and oxygen atoms in total. The highest BCUT2D eigenvalue weighted by Gasteiger charge is 2.47. The standard InChI is InChI=1S/C32H45NO5/c1-3-5-6-7-8-9-10-17-23-36-31-29(32(37-22-4-2)38-27(24-34)30(31)35)33-28(25-18-13-11-14-19-25)26-20-15-12-16-21-26/h4,11-16,18-22,27,29-32,34-35H,3,5-10,17,23-24H2,1-2H3/b22-4-/t27?,29-,30-,31?,32+/m1/s1. The van der Waals surface area contributed by atoms with Crippen LogP contribution in [0.4, 0.5) is 0 Å². The number of aliphatic hydroxyl groups excluding tert-OH is 2. The first-order chi connectivity index (χ1) is 18.7. The van der Waals surface area contributed by atoms with Gasteiger partial charge in [-0.15, -0.1) is 0 Å². The lowest BCUT2D eigenvalue weighted by atomic mass is 9.95. The first kappa shape index (κ1) is 30.0. The molecule has 3 rings (SSSR count). The van der Waals surface area contributed by atoms with Crippen LogP contribution in [0.1, 0.15) is 76.3 Å². The van der Waals surface area contributed by atoms with Crippen LogP contribution in [0.15, 0.2) is 78.0 Å². The number of aliphatic hydroxyl groups is 2. The molecular formula is C32H45NO5. The van der Waals surface area contributed by atoms with Gasteiger partial charge in [-0.05, 0) is 13.3 Å². The summed E-state index contributed by atoms with van der Waals surface area (Å²) in [6.07, 6.45) is 9.53. The van der Waals surface area contributed by atoms with E-state index >= 15 is 0 Å². The topological polar surface area (TPSA) is 80.5 Å². The van der Waals surface area contributed by atoms with Crippen LogP contribution in [0.5, 0.6) is 0 Å². The second-order valence-electron chi connectivity index (χ2n) is 9.83. The van der Waals surface area contributed by atoms with Crippen molar-refractivity contribution in [3.8, 4) is 0 Å². The maximum Gasteiger partial charge on any atom is 0.224 e. The second kappa shape index (κ2) is 17.2. The molecular weight excluding hydrogens is 478 g/mol. The second-order valence-corrected chi connectivity index (χ2v) is 9.83. The van der Waals surface area contributed by atoms with Crippen molar-refractivity contribution in [1.82, 2.24) is 0 Å². The molecule has 0 amide bonds. The van der Waals surface area contributed by atoms with Gasteiger partial charge in [0, 0.05) is 17.7 Å². The maximum absolute atomic E-state index is 11.2. The molecule has 0 aromatic heterocycles. The number of hydrogen-bond acceptors (Lipinski definition) is 6. The van der Waals surface area contributed by atoms with E-state index in [0.29, 0.717) is 6.61 Å². The molecule has 208 valence electrons. The van der Waals surface area contributed by atoms with E-state index in [1.807, 2.05) is 67.6 Å². The molecule has 38 heavy (non-hydrogen) atoms. The van der Waals surface area contributed by atoms with E-state index < -0.39 is 30.6 Å². The first-order valence-electron chi connectivity index (χ1n) is 14.2. The van der Waals surface area contributed by atoms with Gasteiger partial charge in [0.25, 0.3) is 0 Å². The number of rotatable bonds is 16. The summed E-state index contributed by atoms with van der Waals surface area (Å²) in [5.41, 5.74) is 2.66. The Kier molecular flexibility index (Phi) is 13.6. The van der Waals surface area contributed by atoms with Crippen molar-refractivity contribution in [3.63, 3.8) is 0 Å². The van der Waals surface area contributed by atoms with Crippen molar-refractivity contribution in [1.29, 1.82) is 0 Å². The molecule has 1 fully saturated rings. The first-order valence-corrected chi connectivity index (χ1v) is 14.2. The van der Waals surface area contributed by atoms with Gasteiger partial charge in [-0.3, -0.25) is 4.99 Å². The summed E-state index contributed by atoms with van der Waals surface area (Å²) in [5.74, 6) is 0. The Hall–Kier alpha value is -2.51. The van der Waals surface area contributed by atoms with Gasteiger partial charge in [0.1, 0.15) is 24.4 Å². The van der Waals surface area contributed by atoms with Crippen LogP contribution in [0.25, 0.3) is 0 Å². The Morgan fingerprint density at radius 2 is 1.47 bits per heavy atom. The SMILES string of the molecule is C/C=C\O[C@H]1OC(CO)[C@@H](O)C(OCCCCCCCCCC)[C@H]1N=C(c1ccccc1)c1ccccc1. The minimum absolute atomic E-state index is 0.338. The van der Waals surface area contributed by atoms with Crippen LogP contribution in [-0.4, -0.2) is 59.8 Å². The average Bonchev–Trinajstić information content (AvgIpc) is 2.96. The summed E-state index contributed by atoms with van der Waals surface area (Å²) >= 11 is 0. The van der Waals surface area contributed by atoms with Crippen LogP contribution in [0.3, 0.4) is 0 Å². The Labute approximate surface area is 228 Å². The molecule has 0 aliphatic carbocycles. The molecule has 1 aliphatic heterocycles. The Bertz CT molecular complexity index is 907. The molecule has 2 aromatic carbocycles. The van der Waals surface area contributed by atoms with Gasteiger partial charge in [0.05, 0.1) is 18.6 Å².